The zero-order valence-electron chi connectivity index (χ0n) is 16.2. The Morgan fingerprint density at radius 1 is 1.19 bits per heavy atom. The highest BCUT2D eigenvalue weighted by Gasteiger charge is 2.26. The maximum absolute atomic E-state index is 12.9. The summed E-state index contributed by atoms with van der Waals surface area (Å²) in [6.07, 6.45) is 8.14. The Morgan fingerprint density at radius 3 is 2.63 bits per heavy atom. The molecule has 1 aliphatic rings. The van der Waals surface area contributed by atoms with Crippen LogP contribution in [-0.2, 0) is 17.9 Å². The Labute approximate surface area is 171 Å². The van der Waals surface area contributed by atoms with E-state index in [2.05, 4.69) is 73.3 Å². The summed E-state index contributed by atoms with van der Waals surface area (Å²) in [6, 6.07) is 13.0. The SMILES string of the molecule is CCNCC(=O)N(Cc1cccn1Cc1ccc(Br)cc1)C1CCCCC1. The summed E-state index contributed by atoms with van der Waals surface area (Å²) in [7, 11) is 0. The summed E-state index contributed by atoms with van der Waals surface area (Å²) in [5.41, 5.74) is 2.46. The third kappa shape index (κ3) is 5.69. The molecule has 27 heavy (non-hydrogen) atoms. The smallest absolute Gasteiger partial charge is 0.237 e. The van der Waals surface area contributed by atoms with Crippen molar-refractivity contribution >= 4 is 21.8 Å². The maximum atomic E-state index is 12.9. The number of amides is 1. The van der Waals surface area contributed by atoms with Gasteiger partial charge in [0.05, 0.1) is 13.1 Å². The summed E-state index contributed by atoms with van der Waals surface area (Å²) in [4.78, 5) is 15.0. The molecule has 1 saturated carbocycles. The van der Waals surface area contributed by atoms with E-state index in [4.69, 9.17) is 0 Å². The van der Waals surface area contributed by atoms with Crippen molar-refractivity contribution in [2.45, 2.75) is 58.2 Å². The summed E-state index contributed by atoms with van der Waals surface area (Å²) >= 11 is 3.49. The average Bonchev–Trinajstić information content (AvgIpc) is 3.13. The van der Waals surface area contributed by atoms with Crippen LogP contribution in [0.2, 0.25) is 0 Å². The van der Waals surface area contributed by atoms with Crippen molar-refractivity contribution in [2.75, 3.05) is 13.1 Å². The van der Waals surface area contributed by atoms with Crippen molar-refractivity contribution in [1.82, 2.24) is 14.8 Å². The maximum Gasteiger partial charge on any atom is 0.237 e. The first-order valence-electron chi connectivity index (χ1n) is 10.1. The second-order valence-corrected chi connectivity index (χ2v) is 8.26. The molecule has 1 amide bonds. The van der Waals surface area contributed by atoms with Crippen molar-refractivity contribution in [1.29, 1.82) is 0 Å². The van der Waals surface area contributed by atoms with Gasteiger partial charge in [0.1, 0.15) is 0 Å². The van der Waals surface area contributed by atoms with Crippen molar-refractivity contribution in [2.24, 2.45) is 0 Å². The lowest BCUT2D eigenvalue weighted by Crippen LogP contribution is -2.45. The van der Waals surface area contributed by atoms with Crippen LogP contribution in [0.5, 0.6) is 0 Å². The molecule has 5 heteroatoms. The predicted octanol–water partition coefficient (Wildman–Crippen LogP) is 4.57. The highest BCUT2D eigenvalue weighted by Crippen LogP contribution is 2.24. The van der Waals surface area contributed by atoms with Crippen molar-refractivity contribution in [3.05, 3.63) is 58.3 Å². The Balaban J connectivity index is 1.74. The molecule has 1 heterocycles. The third-order valence-corrected chi connectivity index (χ3v) is 5.91. The lowest BCUT2D eigenvalue weighted by molar-refractivity contribution is -0.134. The first kappa shape index (κ1) is 20.2. The molecular weight excluding hydrogens is 402 g/mol. The molecule has 0 aliphatic heterocycles. The molecule has 1 aliphatic carbocycles. The van der Waals surface area contributed by atoms with Gasteiger partial charge in [-0.25, -0.2) is 0 Å². The van der Waals surface area contributed by atoms with Gasteiger partial charge in [-0.1, -0.05) is 54.2 Å². The minimum atomic E-state index is 0.222. The van der Waals surface area contributed by atoms with Gasteiger partial charge in [0, 0.05) is 29.0 Å². The van der Waals surface area contributed by atoms with Gasteiger partial charge in [-0.2, -0.15) is 0 Å². The zero-order chi connectivity index (χ0) is 19.1. The summed E-state index contributed by atoms with van der Waals surface area (Å²) in [5, 5.41) is 3.20. The highest BCUT2D eigenvalue weighted by molar-refractivity contribution is 9.10. The number of rotatable bonds is 8. The topological polar surface area (TPSA) is 37.3 Å². The van der Waals surface area contributed by atoms with Gasteiger partial charge in [-0.3, -0.25) is 4.79 Å². The molecular formula is C22H30BrN3O. The Morgan fingerprint density at radius 2 is 1.93 bits per heavy atom. The molecule has 1 N–H and O–H groups in total. The lowest BCUT2D eigenvalue weighted by Gasteiger charge is -2.35. The van der Waals surface area contributed by atoms with Crippen molar-refractivity contribution < 1.29 is 4.79 Å². The number of halogens is 1. The van der Waals surface area contributed by atoms with Crippen LogP contribution >= 0.6 is 15.9 Å². The molecule has 1 fully saturated rings. The van der Waals surface area contributed by atoms with E-state index in [0.29, 0.717) is 19.1 Å². The van der Waals surface area contributed by atoms with Crippen LogP contribution in [0.1, 0.15) is 50.3 Å². The van der Waals surface area contributed by atoms with Gasteiger partial charge >= 0.3 is 0 Å². The number of aromatic nitrogens is 1. The summed E-state index contributed by atoms with van der Waals surface area (Å²) in [5.74, 6) is 0.222. The molecule has 0 atom stereocenters. The minimum Gasteiger partial charge on any atom is -0.345 e. The van der Waals surface area contributed by atoms with Gasteiger partial charge in [0.15, 0.2) is 0 Å². The van der Waals surface area contributed by atoms with Gasteiger partial charge in [-0.15, -0.1) is 0 Å². The summed E-state index contributed by atoms with van der Waals surface area (Å²) < 4.78 is 3.36. The number of carbonyl (C=O) groups is 1. The van der Waals surface area contributed by atoms with E-state index in [9.17, 15) is 4.79 Å². The van der Waals surface area contributed by atoms with Gasteiger partial charge < -0.3 is 14.8 Å². The fraction of sp³-hybridized carbons (Fsp3) is 0.500. The first-order chi connectivity index (χ1) is 13.2. The Kier molecular flexibility index (Phi) is 7.53. The van der Waals surface area contributed by atoms with Crippen LogP contribution in [0.4, 0.5) is 0 Å². The van der Waals surface area contributed by atoms with Crippen molar-refractivity contribution in [3.63, 3.8) is 0 Å². The van der Waals surface area contributed by atoms with E-state index in [1.165, 1.54) is 30.5 Å². The fourth-order valence-corrected chi connectivity index (χ4v) is 4.12. The van der Waals surface area contributed by atoms with Crippen LogP contribution < -0.4 is 5.32 Å². The van der Waals surface area contributed by atoms with E-state index < -0.39 is 0 Å². The molecule has 1 aromatic heterocycles. The first-order valence-corrected chi connectivity index (χ1v) is 10.9. The summed E-state index contributed by atoms with van der Waals surface area (Å²) in [6.45, 7) is 4.82. The zero-order valence-corrected chi connectivity index (χ0v) is 17.7. The molecule has 0 radical (unpaired) electrons. The number of benzene rings is 1. The number of likely N-dealkylation sites (N-methyl/N-ethyl adjacent to an activating group) is 1. The van der Waals surface area contributed by atoms with Gasteiger partial charge in [-0.05, 0) is 49.2 Å². The van der Waals surface area contributed by atoms with Crippen LogP contribution in [0.3, 0.4) is 0 Å². The average molecular weight is 432 g/mol. The van der Waals surface area contributed by atoms with Crippen molar-refractivity contribution in [3.8, 4) is 0 Å². The largest absolute Gasteiger partial charge is 0.345 e. The van der Waals surface area contributed by atoms with Gasteiger partial charge in [0.2, 0.25) is 5.91 Å². The normalized spacial score (nSPS) is 15.0. The molecule has 0 saturated heterocycles. The van der Waals surface area contributed by atoms with Crippen LogP contribution in [0.15, 0.2) is 47.1 Å². The fourth-order valence-electron chi connectivity index (χ4n) is 3.86. The quantitative estimate of drug-likeness (QED) is 0.664. The molecule has 1 aromatic carbocycles. The van der Waals surface area contributed by atoms with E-state index in [1.54, 1.807) is 0 Å². The third-order valence-electron chi connectivity index (χ3n) is 5.38. The Bertz CT molecular complexity index is 719. The second kappa shape index (κ2) is 10.1. The molecule has 0 bridgehead atoms. The molecule has 3 rings (SSSR count). The van der Waals surface area contributed by atoms with E-state index in [1.807, 2.05) is 6.92 Å². The van der Waals surface area contributed by atoms with Crippen LogP contribution in [-0.4, -0.2) is 34.5 Å². The monoisotopic (exact) mass is 431 g/mol. The molecule has 146 valence electrons. The molecule has 0 spiro atoms. The highest BCUT2D eigenvalue weighted by atomic mass is 79.9. The standard InChI is InChI=1S/C22H30BrN3O/c1-2-24-15-22(27)26(20-7-4-3-5-8-20)17-21-9-6-14-25(21)16-18-10-12-19(23)13-11-18/h6,9-14,20,24H,2-5,7-8,15-17H2,1H3. The van der Waals surface area contributed by atoms with E-state index in [-0.39, 0.29) is 5.91 Å². The molecule has 0 unspecified atom stereocenters. The Hall–Kier alpha value is -1.59. The van der Waals surface area contributed by atoms with Crippen LogP contribution in [0.25, 0.3) is 0 Å². The molecule has 2 aromatic rings. The van der Waals surface area contributed by atoms with Crippen LogP contribution in [0, 0.1) is 0 Å². The number of hydrogen-bond acceptors (Lipinski definition) is 2. The number of hydrogen-bond donors (Lipinski definition) is 1. The van der Waals surface area contributed by atoms with Gasteiger partial charge in [0.25, 0.3) is 0 Å². The lowest BCUT2D eigenvalue weighted by atomic mass is 9.94. The van der Waals surface area contributed by atoms with E-state index in [0.717, 1.165) is 30.4 Å². The predicted molar refractivity (Wildman–Crippen MR) is 114 cm³/mol. The van der Waals surface area contributed by atoms with E-state index >= 15 is 0 Å². The molecule has 4 nitrogen and oxygen atoms in total. The minimum absolute atomic E-state index is 0.222. The second-order valence-electron chi connectivity index (χ2n) is 7.35. The number of carbonyl (C=O) groups excluding carboxylic acids is 1. The number of nitrogens with zero attached hydrogens (tertiary/aromatic N) is 2. The number of nitrogens with one attached hydrogen (secondary N) is 1.